The van der Waals surface area contributed by atoms with E-state index in [1.54, 1.807) is 57.2 Å². The molecule has 0 bridgehead atoms. The quantitative estimate of drug-likeness (QED) is 0.583. The van der Waals surface area contributed by atoms with E-state index in [2.05, 4.69) is 5.32 Å². The fourth-order valence-electron chi connectivity index (χ4n) is 3.18. The molecule has 0 aromatic heterocycles. The Morgan fingerprint density at radius 3 is 2.09 bits per heavy atom. The molecule has 1 N–H and O–H groups in total. The van der Waals surface area contributed by atoms with E-state index in [0.717, 1.165) is 8.61 Å². The van der Waals surface area contributed by atoms with Crippen LogP contribution in [0.25, 0.3) is 0 Å². The van der Waals surface area contributed by atoms with Gasteiger partial charge in [0, 0.05) is 31.7 Å². The molecule has 0 radical (unpaired) electrons. The van der Waals surface area contributed by atoms with E-state index in [1.165, 1.54) is 44.1 Å². The Balaban J connectivity index is 2.46. The first-order valence-electron chi connectivity index (χ1n) is 10.8. The molecule has 0 heterocycles. The monoisotopic (exact) mass is 492 g/mol. The van der Waals surface area contributed by atoms with E-state index in [4.69, 9.17) is 0 Å². The highest BCUT2D eigenvalue weighted by Crippen LogP contribution is 2.21. The Labute approximate surface area is 201 Å². The van der Waals surface area contributed by atoms with E-state index in [1.807, 2.05) is 0 Å². The normalized spacial score (nSPS) is 12.8. The third kappa shape index (κ3) is 7.01. The summed E-state index contributed by atoms with van der Waals surface area (Å²) in [4.78, 5) is 27.6. The number of nitrogens with one attached hydrogen (secondary N) is 1. The second-order valence-electron chi connectivity index (χ2n) is 9.16. The Morgan fingerprint density at radius 2 is 1.56 bits per heavy atom. The van der Waals surface area contributed by atoms with Crippen molar-refractivity contribution in [3.8, 4) is 0 Å². The van der Waals surface area contributed by atoms with Gasteiger partial charge in [0.25, 0.3) is 0 Å². The second kappa shape index (κ2) is 11.0. The predicted molar refractivity (Wildman–Crippen MR) is 131 cm³/mol. The standard InChI is InChI=1S/C24H33FN4O4S/c1-18(23(31)26-24(2,3)4)28(16-19-12-10-11-15-21(19)25)22(30)17-29(34(32,33)27(5)6)20-13-8-7-9-14-20/h7-15,18H,16-17H2,1-6H3,(H,26,31)/t18-/m1/s1. The molecule has 2 aromatic carbocycles. The number of para-hydroxylation sites is 1. The Bertz CT molecular complexity index is 1100. The number of carbonyl (C=O) groups is 2. The summed E-state index contributed by atoms with van der Waals surface area (Å²) in [7, 11) is -1.30. The number of nitrogens with zero attached hydrogens (tertiary/aromatic N) is 3. The number of halogens is 1. The average Bonchev–Trinajstić information content (AvgIpc) is 2.75. The van der Waals surface area contributed by atoms with Gasteiger partial charge in [-0.15, -0.1) is 0 Å². The number of amides is 2. The van der Waals surface area contributed by atoms with Crippen LogP contribution in [0.5, 0.6) is 0 Å². The molecule has 10 heteroatoms. The zero-order valence-corrected chi connectivity index (χ0v) is 21.3. The third-order valence-corrected chi connectivity index (χ3v) is 6.85. The number of rotatable bonds is 9. The van der Waals surface area contributed by atoms with E-state index < -0.39 is 46.0 Å². The molecule has 1 atom stereocenters. The minimum absolute atomic E-state index is 0.200. The van der Waals surface area contributed by atoms with Gasteiger partial charge < -0.3 is 10.2 Å². The fourth-order valence-corrected chi connectivity index (χ4v) is 4.23. The molecule has 0 spiro atoms. The molecule has 0 saturated heterocycles. The fraction of sp³-hybridized carbons (Fsp3) is 0.417. The van der Waals surface area contributed by atoms with Crippen LogP contribution in [0.1, 0.15) is 33.3 Å². The lowest BCUT2D eigenvalue weighted by atomic mass is 10.1. The van der Waals surface area contributed by atoms with Gasteiger partial charge in [-0.3, -0.25) is 9.59 Å². The molecule has 186 valence electrons. The minimum atomic E-state index is -4.03. The first kappa shape index (κ1) is 27.3. The highest BCUT2D eigenvalue weighted by atomic mass is 32.2. The van der Waals surface area contributed by atoms with E-state index in [-0.39, 0.29) is 12.1 Å². The summed E-state index contributed by atoms with van der Waals surface area (Å²) in [6.07, 6.45) is 0. The van der Waals surface area contributed by atoms with Crippen LogP contribution < -0.4 is 9.62 Å². The molecule has 0 fully saturated rings. The molecule has 8 nitrogen and oxygen atoms in total. The smallest absolute Gasteiger partial charge is 0.304 e. The van der Waals surface area contributed by atoms with Crippen LogP contribution in [0.2, 0.25) is 0 Å². The molecule has 0 unspecified atom stereocenters. The second-order valence-corrected chi connectivity index (χ2v) is 11.2. The van der Waals surface area contributed by atoms with Crippen molar-refractivity contribution in [2.45, 2.75) is 45.8 Å². The van der Waals surface area contributed by atoms with Crippen molar-refractivity contribution in [2.24, 2.45) is 0 Å². The van der Waals surface area contributed by atoms with Crippen molar-refractivity contribution >= 4 is 27.7 Å². The first-order valence-corrected chi connectivity index (χ1v) is 12.2. The largest absolute Gasteiger partial charge is 0.350 e. The van der Waals surface area contributed by atoms with Crippen LogP contribution >= 0.6 is 0 Å². The molecular formula is C24H33FN4O4S. The lowest BCUT2D eigenvalue weighted by Crippen LogP contribution is -2.55. The van der Waals surface area contributed by atoms with Gasteiger partial charge in [-0.25, -0.2) is 8.70 Å². The zero-order chi connectivity index (χ0) is 25.7. The molecule has 2 rings (SSSR count). The van der Waals surface area contributed by atoms with Gasteiger partial charge in [-0.05, 0) is 45.9 Å². The van der Waals surface area contributed by atoms with Crippen LogP contribution in [0.4, 0.5) is 10.1 Å². The summed E-state index contributed by atoms with van der Waals surface area (Å²) in [5.41, 5.74) is -0.0438. The van der Waals surface area contributed by atoms with Crippen molar-refractivity contribution < 1.29 is 22.4 Å². The van der Waals surface area contributed by atoms with Crippen LogP contribution in [0, 0.1) is 5.82 Å². The van der Waals surface area contributed by atoms with Crippen molar-refractivity contribution in [3.05, 3.63) is 66.0 Å². The molecule has 0 aliphatic rings. The maximum absolute atomic E-state index is 14.4. The topological polar surface area (TPSA) is 90.0 Å². The number of benzene rings is 2. The van der Waals surface area contributed by atoms with Gasteiger partial charge in [-0.2, -0.15) is 12.7 Å². The predicted octanol–water partition coefficient (Wildman–Crippen LogP) is 2.77. The number of hydrogen-bond donors (Lipinski definition) is 1. The zero-order valence-electron chi connectivity index (χ0n) is 20.4. The van der Waals surface area contributed by atoms with Crippen LogP contribution in [0.3, 0.4) is 0 Å². The third-order valence-electron chi connectivity index (χ3n) is 5.03. The summed E-state index contributed by atoms with van der Waals surface area (Å²) >= 11 is 0. The molecule has 0 aliphatic carbocycles. The summed E-state index contributed by atoms with van der Waals surface area (Å²) in [6, 6.07) is 13.2. The average molecular weight is 493 g/mol. The number of carbonyl (C=O) groups excluding carboxylic acids is 2. The van der Waals surface area contributed by atoms with E-state index in [0.29, 0.717) is 5.69 Å². The Hall–Kier alpha value is -2.98. The molecule has 2 aromatic rings. The van der Waals surface area contributed by atoms with Gasteiger partial charge in [0.15, 0.2) is 0 Å². The molecule has 2 amide bonds. The van der Waals surface area contributed by atoms with Crippen molar-refractivity contribution in [3.63, 3.8) is 0 Å². The van der Waals surface area contributed by atoms with Gasteiger partial charge in [0.1, 0.15) is 18.4 Å². The van der Waals surface area contributed by atoms with Gasteiger partial charge >= 0.3 is 10.2 Å². The highest BCUT2D eigenvalue weighted by Gasteiger charge is 2.33. The maximum atomic E-state index is 14.4. The highest BCUT2D eigenvalue weighted by molar-refractivity contribution is 7.90. The molecular weight excluding hydrogens is 459 g/mol. The summed E-state index contributed by atoms with van der Waals surface area (Å²) in [6.45, 7) is 6.19. The number of hydrogen-bond acceptors (Lipinski definition) is 4. The van der Waals surface area contributed by atoms with E-state index in [9.17, 15) is 22.4 Å². The molecule has 0 aliphatic heterocycles. The van der Waals surface area contributed by atoms with Gasteiger partial charge in [0.05, 0.1) is 5.69 Å². The minimum Gasteiger partial charge on any atom is -0.350 e. The van der Waals surface area contributed by atoms with Crippen LogP contribution in [0.15, 0.2) is 54.6 Å². The van der Waals surface area contributed by atoms with Crippen molar-refractivity contribution in [1.29, 1.82) is 0 Å². The SMILES string of the molecule is C[C@H](C(=O)NC(C)(C)C)N(Cc1ccccc1F)C(=O)CN(c1ccccc1)S(=O)(=O)N(C)C. The first-order chi connectivity index (χ1) is 15.7. The van der Waals surface area contributed by atoms with Gasteiger partial charge in [0.2, 0.25) is 11.8 Å². The molecule has 34 heavy (non-hydrogen) atoms. The maximum Gasteiger partial charge on any atom is 0.304 e. The van der Waals surface area contributed by atoms with Crippen molar-refractivity contribution in [2.75, 3.05) is 24.9 Å². The summed E-state index contributed by atoms with van der Waals surface area (Å²) in [5, 5.41) is 2.82. The summed E-state index contributed by atoms with van der Waals surface area (Å²) in [5.74, 6) is -1.60. The lowest BCUT2D eigenvalue weighted by molar-refractivity contribution is -0.140. The van der Waals surface area contributed by atoms with E-state index >= 15 is 0 Å². The Morgan fingerprint density at radius 1 is 1.00 bits per heavy atom. The number of anilines is 1. The van der Waals surface area contributed by atoms with Crippen LogP contribution in [-0.2, 0) is 26.3 Å². The summed E-state index contributed by atoms with van der Waals surface area (Å²) < 4.78 is 42.5. The lowest BCUT2D eigenvalue weighted by Gasteiger charge is -2.34. The van der Waals surface area contributed by atoms with Crippen molar-refractivity contribution in [1.82, 2.24) is 14.5 Å². The molecule has 0 saturated carbocycles. The van der Waals surface area contributed by atoms with Crippen LogP contribution in [-0.4, -0.2) is 61.7 Å². The van der Waals surface area contributed by atoms with Gasteiger partial charge in [-0.1, -0.05) is 36.4 Å². The Kier molecular flexibility index (Phi) is 8.79.